The Kier molecular flexibility index (Phi) is 4.60. The Labute approximate surface area is 140 Å². The third kappa shape index (κ3) is 3.40. The van der Waals surface area contributed by atoms with Gasteiger partial charge in [-0.15, -0.1) is 22.7 Å². The summed E-state index contributed by atoms with van der Waals surface area (Å²) < 4.78 is 1.92. The molecule has 0 radical (unpaired) electrons. The number of hydrogen-bond donors (Lipinski definition) is 2. The van der Waals surface area contributed by atoms with Crippen molar-refractivity contribution in [1.82, 2.24) is 9.97 Å². The fourth-order valence-corrected chi connectivity index (χ4v) is 4.70. The quantitative estimate of drug-likeness (QED) is 0.540. The average Bonchev–Trinajstić information content (AvgIpc) is 3.13. The molecule has 1 atom stereocenters. The number of thioether (sulfide) groups is 1. The number of amides is 1. The van der Waals surface area contributed by atoms with Crippen LogP contribution >= 0.6 is 34.4 Å². The summed E-state index contributed by atoms with van der Waals surface area (Å²) in [6.45, 7) is 1.99. The molecule has 0 spiro atoms. The Morgan fingerprint density at radius 2 is 2.36 bits per heavy atom. The first-order valence-electron chi connectivity index (χ1n) is 6.69. The minimum absolute atomic E-state index is 0.0405. The molecule has 0 aliphatic carbocycles. The number of nitrogens with two attached hydrogens (primary N) is 1. The van der Waals surface area contributed by atoms with E-state index in [1.165, 1.54) is 23.1 Å². The van der Waals surface area contributed by atoms with Gasteiger partial charge in [-0.1, -0.05) is 18.7 Å². The summed E-state index contributed by atoms with van der Waals surface area (Å²) in [5.41, 5.74) is 7.42. The van der Waals surface area contributed by atoms with Gasteiger partial charge in [0.05, 0.1) is 15.5 Å². The summed E-state index contributed by atoms with van der Waals surface area (Å²) in [5, 5.41) is 5.11. The first kappa shape index (κ1) is 15.3. The minimum Gasteiger partial charge on any atom is -0.399 e. The predicted octanol–water partition coefficient (Wildman–Crippen LogP) is 3.84. The van der Waals surface area contributed by atoms with Gasteiger partial charge in [0.25, 0.3) is 0 Å². The highest BCUT2D eigenvalue weighted by atomic mass is 32.2. The van der Waals surface area contributed by atoms with Gasteiger partial charge in [-0.3, -0.25) is 4.79 Å². The molecule has 0 saturated heterocycles. The van der Waals surface area contributed by atoms with Crippen molar-refractivity contribution in [1.29, 1.82) is 0 Å². The first-order chi connectivity index (χ1) is 10.7. The molecule has 2 aromatic heterocycles. The van der Waals surface area contributed by atoms with Crippen LogP contribution in [0.15, 0.2) is 34.1 Å². The molecule has 0 fully saturated rings. The van der Waals surface area contributed by atoms with Crippen LogP contribution in [0.4, 0.5) is 10.8 Å². The second-order valence-corrected chi connectivity index (χ2v) is 7.92. The van der Waals surface area contributed by atoms with E-state index >= 15 is 0 Å². The van der Waals surface area contributed by atoms with E-state index in [2.05, 4.69) is 15.3 Å². The molecule has 1 amide bonds. The van der Waals surface area contributed by atoms with Gasteiger partial charge in [-0.2, -0.15) is 0 Å². The molecule has 3 aromatic rings. The van der Waals surface area contributed by atoms with Crippen molar-refractivity contribution in [2.45, 2.75) is 22.9 Å². The smallest absolute Gasteiger partial charge is 0.239 e. The molecular formula is C14H14N4OS3. The summed E-state index contributed by atoms with van der Waals surface area (Å²) in [6, 6.07) is 5.65. The maximum absolute atomic E-state index is 12.3. The largest absolute Gasteiger partial charge is 0.399 e. The lowest BCUT2D eigenvalue weighted by molar-refractivity contribution is -0.115. The van der Waals surface area contributed by atoms with E-state index in [9.17, 15) is 4.79 Å². The maximum atomic E-state index is 12.3. The number of fused-ring (bicyclic) bond motifs is 1. The van der Waals surface area contributed by atoms with Gasteiger partial charge < -0.3 is 11.1 Å². The zero-order valence-electron chi connectivity index (χ0n) is 11.8. The summed E-state index contributed by atoms with van der Waals surface area (Å²) in [5.74, 6) is -0.0405. The molecule has 5 nitrogen and oxygen atoms in total. The third-order valence-corrected chi connectivity index (χ3v) is 6.13. The Balaban J connectivity index is 1.74. The van der Waals surface area contributed by atoms with Crippen LogP contribution in [0.25, 0.3) is 10.2 Å². The van der Waals surface area contributed by atoms with Crippen LogP contribution in [0.1, 0.15) is 13.3 Å². The van der Waals surface area contributed by atoms with Crippen LogP contribution in [-0.2, 0) is 4.79 Å². The minimum atomic E-state index is -0.193. The fourth-order valence-electron chi connectivity index (χ4n) is 1.89. The lowest BCUT2D eigenvalue weighted by Gasteiger charge is -2.11. The molecule has 2 heterocycles. The highest BCUT2D eigenvalue weighted by molar-refractivity contribution is 8.02. The first-order valence-corrected chi connectivity index (χ1v) is 9.26. The lowest BCUT2D eigenvalue weighted by Crippen LogP contribution is -2.24. The SMILES string of the molecule is CC[C@H](Sc1nc2ccc(N)cc2s1)C(=O)Nc1nccs1. The van der Waals surface area contributed by atoms with Crippen molar-refractivity contribution < 1.29 is 4.79 Å². The molecule has 0 aliphatic heterocycles. The van der Waals surface area contributed by atoms with Gasteiger partial charge in [0.15, 0.2) is 9.47 Å². The van der Waals surface area contributed by atoms with Crippen molar-refractivity contribution in [3.05, 3.63) is 29.8 Å². The number of rotatable bonds is 5. The molecule has 114 valence electrons. The van der Waals surface area contributed by atoms with Crippen LogP contribution in [0.5, 0.6) is 0 Å². The van der Waals surface area contributed by atoms with Crippen molar-refractivity contribution >= 4 is 61.4 Å². The number of carbonyl (C=O) groups is 1. The Bertz CT molecular complexity index is 785. The standard InChI is InChI=1S/C14H14N4OS3/c1-2-10(12(19)18-13-16-5-6-20-13)21-14-17-9-4-3-8(15)7-11(9)22-14/h3-7,10H,2,15H2,1H3,(H,16,18,19)/t10-/m0/s1. The molecule has 3 rings (SSSR count). The van der Waals surface area contributed by atoms with Crippen LogP contribution < -0.4 is 11.1 Å². The van der Waals surface area contributed by atoms with E-state index in [1.54, 1.807) is 17.5 Å². The predicted molar refractivity (Wildman–Crippen MR) is 94.7 cm³/mol. The second kappa shape index (κ2) is 6.64. The second-order valence-electron chi connectivity index (χ2n) is 4.55. The van der Waals surface area contributed by atoms with Gasteiger partial charge in [0, 0.05) is 17.3 Å². The molecule has 0 saturated carbocycles. The number of benzene rings is 1. The number of carbonyl (C=O) groups excluding carboxylic acids is 1. The number of nitrogens with zero attached hydrogens (tertiary/aromatic N) is 2. The molecule has 0 aliphatic rings. The van der Waals surface area contributed by atoms with Gasteiger partial charge in [-0.25, -0.2) is 9.97 Å². The highest BCUT2D eigenvalue weighted by Crippen LogP contribution is 2.34. The Morgan fingerprint density at radius 3 is 3.09 bits per heavy atom. The van der Waals surface area contributed by atoms with Crippen LogP contribution in [0.2, 0.25) is 0 Å². The highest BCUT2D eigenvalue weighted by Gasteiger charge is 2.20. The molecule has 8 heteroatoms. The van der Waals surface area contributed by atoms with E-state index in [1.807, 2.05) is 30.5 Å². The van der Waals surface area contributed by atoms with Crippen molar-refractivity contribution in [3.8, 4) is 0 Å². The Hall–Kier alpha value is -1.64. The van der Waals surface area contributed by atoms with Crippen LogP contribution in [0.3, 0.4) is 0 Å². The Morgan fingerprint density at radius 1 is 1.50 bits per heavy atom. The zero-order valence-corrected chi connectivity index (χ0v) is 14.2. The summed E-state index contributed by atoms with van der Waals surface area (Å²) in [7, 11) is 0. The number of nitrogens with one attached hydrogen (secondary N) is 1. The normalized spacial score (nSPS) is 12.4. The number of nitrogen functional groups attached to an aromatic ring is 1. The van der Waals surface area contributed by atoms with Crippen molar-refractivity contribution in [3.63, 3.8) is 0 Å². The number of aromatic nitrogens is 2. The number of thiazole rings is 2. The molecule has 0 bridgehead atoms. The maximum Gasteiger partial charge on any atom is 0.239 e. The fraction of sp³-hybridized carbons (Fsp3) is 0.214. The molecular weight excluding hydrogens is 336 g/mol. The van der Waals surface area contributed by atoms with E-state index < -0.39 is 0 Å². The number of hydrogen-bond acceptors (Lipinski definition) is 7. The van der Waals surface area contributed by atoms with E-state index in [0.717, 1.165) is 26.7 Å². The van der Waals surface area contributed by atoms with E-state index in [0.29, 0.717) is 5.13 Å². The summed E-state index contributed by atoms with van der Waals surface area (Å²) in [4.78, 5) is 20.9. The molecule has 22 heavy (non-hydrogen) atoms. The monoisotopic (exact) mass is 350 g/mol. The van der Waals surface area contributed by atoms with Gasteiger partial charge in [-0.05, 0) is 24.6 Å². The lowest BCUT2D eigenvalue weighted by atomic mass is 10.3. The van der Waals surface area contributed by atoms with Crippen molar-refractivity contribution in [2.24, 2.45) is 0 Å². The molecule has 3 N–H and O–H groups in total. The summed E-state index contributed by atoms with van der Waals surface area (Å²) in [6.07, 6.45) is 2.40. The van der Waals surface area contributed by atoms with E-state index in [4.69, 9.17) is 5.73 Å². The molecule has 1 aromatic carbocycles. The number of anilines is 2. The summed E-state index contributed by atoms with van der Waals surface area (Å²) >= 11 is 4.45. The average molecular weight is 350 g/mol. The van der Waals surface area contributed by atoms with Crippen LogP contribution in [0, 0.1) is 0 Å². The molecule has 0 unspecified atom stereocenters. The van der Waals surface area contributed by atoms with Gasteiger partial charge >= 0.3 is 0 Å². The third-order valence-electron chi connectivity index (χ3n) is 2.96. The van der Waals surface area contributed by atoms with Gasteiger partial charge in [0.2, 0.25) is 5.91 Å². The van der Waals surface area contributed by atoms with Gasteiger partial charge in [0.1, 0.15) is 0 Å². The zero-order chi connectivity index (χ0) is 15.5. The van der Waals surface area contributed by atoms with Crippen molar-refractivity contribution in [2.75, 3.05) is 11.1 Å². The topological polar surface area (TPSA) is 80.9 Å². The van der Waals surface area contributed by atoms with E-state index in [-0.39, 0.29) is 11.2 Å². The van der Waals surface area contributed by atoms with Crippen LogP contribution in [-0.4, -0.2) is 21.1 Å².